The first-order valence-electron chi connectivity index (χ1n) is 10.7. The summed E-state index contributed by atoms with van der Waals surface area (Å²) in [4.78, 5) is 39.1. The van der Waals surface area contributed by atoms with Gasteiger partial charge in [0.05, 0.1) is 31.2 Å². The fourth-order valence-corrected chi connectivity index (χ4v) is 4.40. The lowest BCUT2D eigenvalue weighted by Crippen LogP contribution is -2.53. The number of nitrogens with one attached hydrogen (secondary N) is 1. The van der Waals surface area contributed by atoms with Gasteiger partial charge in [0.25, 0.3) is 11.8 Å². The fraction of sp³-hybridized carbons (Fsp3) is 0.375. The van der Waals surface area contributed by atoms with Crippen molar-refractivity contribution >= 4 is 35.1 Å². The van der Waals surface area contributed by atoms with E-state index >= 15 is 0 Å². The summed E-state index contributed by atoms with van der Waals surface area (Å²) in [6.45, 7) is 0.237. The van der Waals surface area contributed by atoms with Crippen molar-refractivity contribution in [3.63, 3.8) is 0 Å². The summed E-state index contributed by atoms with van der Waals surface area (Å²) in [5.74, 6) is -0.479. The Morgan fingerprint density at radius 2 is 2.03 bits per heavy atom. The maximum Gasteiger partial charge on any atom is 0.308 e. The molecule has 0 spiro atoms. The van der Waals surface area contributed by atoms with Crippen molar-refractivity contribution in [3.05, 3.63) is 58.6 Å². The highest BCUT2D eigenvalue weighted by Crippen LogP contribution is 2.32. The molecule has 3 atom stereocenters. The molecule has 33 heavy (non-hydrogen) atoms. The highest BCUT2D eigenvalue weighted by Gasteiger charge is 2.39. The van der Waals surface area contributed by atoms with Gasteiger partial charge in [-0.2, -0.15) is 0 Å². The van der Waals surface area contributed by atoms with Gasteiger partial charge in [-0.05, 0) is 49.2 Å². The molecule has 0 saturated carbocycles. The lowest BCUT2D eigenvalue weighted by Gasteiger charge is -2.42. The zero-order valence-electron chi connectivity index (χ0n) is 18.4. The summed E-state index contributed by atoms with van der Waals surface area (Å²) in [6, 6.07) is 11.4. The Morgan fingerprint density at radius 1 is 1.21 bits per heavy atom. The van der Waals surface area contributed by atoms with E-state index in [1.165, 1.54) is 7.11 Å². The second-order valence-electron chi connectivity index (χ2n) is 8.12. The lowest BCUT2D eigenvalue weighted by molar-refractivity contribution is -0.151. The number of methoxy groups -OCH3 is 1. The summed E-state index contributed by atoms with van der Waals surface area (Å²) in [5.41, 5.74) is 1.24. The molecule has 2 aromatic carbocycles. The van der Waals surface area contributed by atoms with E-state index in [1.807, 2.05) is 0 Å². The molecule has 174 valence electrons. The Kier molecular flexibility index (Phi) is 6.85. The Balaban J connectivity index is 1.52. The van der Waals surface area contributed by atoms with Gasteiger partial charge >= 0.3 is 5.97 Å². The number of esters is 1. The number of amides is 2. The van der Waals surface area contributed by atoms with Crippen molar-refractivity contribution in [1.82, 2.24) is 4.90 Å². The number of halogens is 1. The van der Waals surface area contributed by atoms with E-state index in [0.29, 0.717) is 40.4 Å². The zero-order chi connectivity index (χ0) is 23.5. The average molecular weight is 473 g/mol. The Hall–Kier alpha value is -3.10. The maximum absolute atomic E-state index is 13.3. The molecule has 0 bridgehead atoms. The second kappa shape index (κ2) is 9.80. The summed E-state index contributed by atoms with van der Waals surface area (Å²) in [5, 5.41) is 3.26. The minimum Gasteiger partial charge on any atom is -0.490 e. The number of rotatable bonds is 4. The number of likely N-dealkylation sites (N-methyl/N-ethyl adjacent to an activating group) is 1. The minimum absolute atomic E-state index is 0.170. The molecule has 0 radical (unpaired) electrons. The summed E-state index contributed by atoms with van der Waals surface area (Å²) < 4.78 is 16.8. The molecule has 2 heterocycles. The van der Waals surface area contributed by atoms with Crippen LogP contribution in [0.5, 0.6) is 5.75 Å². The highest BCUT2D eigenvalue weighted by molar-refractivity contribution is 6.31. The standard InChI is InChI=1S/C24H25ClN2O6/c1-27-19-8-7-17(12-22(28)31-2)33-21(19)13-32-20-9-6-16(11-18(20)24(27)30)26-23(29)14-4-3-5-15(25)10-14/h3-6,9-11,17,19,21H,7-8,12-13H2,1-2H3,(H,26,29)/t17-,19+,21-/m1/s1. The number of ether oxygens (including phenoxy) is 3. The van der Waals surface area contributed by atoms with Crippen LogP contribution in [-0.4, -0.2) is 61.7 Å². The van der Waals surface area contributed by atoms with Crippen molar-refractivity contribution in [3.8, 4) is 5.75 Å². The first-order chi connectivity index (χ1) is 15.9. The molecule has 4 rings (SSSR count). The number of nitrogens with zero attached hydrogens (tertiary/aromatic N) is 1. The molecular weight excluding hydrogens is 448 g/mol. The van der Waals surface area contributed by atoms with Gasteiger partial charge in [-0.3, -0.25) is 14.4 Å². The molecule has 1 saturated heterocycles. The van der Waals surface area contributed by atoms with Crippen LogP contribution in [0.25, 0.3) is 0 Å². The molecule has 0 unspecified atom stereocenters. The normalized spacial score (nSPS) is 22.2. The van der Waals surface area contributed by atoms with Crippen LogP contribution in [0.15, 0.2) is 42.5 Å². The quantitative estimate of drug-likeness (QED) is 0.684. The van der Waals surface area contributed by atoms with E-state index in [9.17, 15) is 14.4 Å². The molecule has 0 aliphatic carbocycles. The Labute approximate surface area is 196 Å². The largest absolute Gasteiger partial charge is 0.490 e. The van der Waals surface area contributed by atoms with Crippen molar-refractivity contribution in [2.75, 3.05) is 26.1 Å². The van der Waals surface area contributed by atoms with Crippen LogP contribution in [0.4, 0.5) is 5.69 Å². The first-order valence-corrected chi connectivity index (χ1v) is 11.1. The van der Waals surface area contributed by atoms with Gasteiger partial charge in [0.1, 0.15) is 18.5 Å². The second-order valence-corrected chi connectivity index (χ2v) is 8.56. The fourth-order valence-electron chi connectivity index (χ4n) is 4.21. The average Bonchev–Trinajstić information content (AvgIpc) is 2.81. The molecule has 1 N–H and O–H groups in total. The molecule has 2 aliphatic heterocycles. The van der Waals surface area contributed by atoms with Crippen molar-refractivity contribution in [2.45, 2.75) is 37.5 Å². The van der Waals surface area contributed by atoms with Gasteiger partial charge in [0, 0.05) is 23.3 Å². The predicted octanol–water partition coefficient (Wildman–Crippen LogP) is 3.54. The molecule has 9 heteroatoms. The monoisotopic (exact) mass is 472 g/mol. The number of fused-ring (bicyclic) bond motifs is 2. The summed E-state index contributed by atoms with van der Waals surface area (Å²) in [6.07, 6.45) is 0.852. The van der Waals surface area contributed by atoms with E-state index in [0.717, 1.165) is 0 Å². The van der Waals surface area contributed by atoms with Crippen LogP contribution in [0.3, 0.4) is 0 Å². The van der Waals surface area contributed by atoms with Crippen LogP contribution in [0.2, 0.25) is 5.02 Å². The van der Waals surface area contributed by atoms with Gasteiger partial charge in [0.15, 0.2) is 0 Å². The Bertz CT molecular complexity index is 1070. The third-order valence-corrected chi connectivity index (χ3v) is 6.21. The number of anilines is 1. The van der Waals surface area contributed by atoms with Crippen LogP contribution < -0.4 is 10.1 Å². The topological polar surface area (TPSA) is 94.2 Å². The van der Waals surface area contributed by atoms with E-state index in [1.54, 1.807) is 54.4 Å². The van der Waals surface area contributed by atoms with Gasteiger partial charge < -0.3 is 24.4 Å². The van der Waals surface area contributed by atoms with E-state index < -0.39 is 0 Å². The molecule has 2 aliphatic rings. The van der Waals surface area contributed by atoms with Gasteiger partial charge in [-0.15, -0.1) is 0 Å². The molecule has 8 nitrogen and oxygen atoms in total. The van der Waals surface area contributed by atoms with E-state index in [2.05, 4.69) is 5.32 Å². The lowest BCUT2D eigenvalue weighted by atomic mass is 9.94. The predicted molar refractivity (Wildman–Crippen MR) is 122 cm³/mol. The smallest absolute Gasteiger partial charge is 0.308 e. The Morgan fingerprint density at radius 3 is 2.79 bits per heavy atom. The van der Waals surface area contributed by atoms with Crippen molar-refractivity contribution in [2.24, 2.45) is 0 Å². The van der Waals surface area contributed by atoms with Crippen molar-refractivity contribution in [1.29, 1.82) is 0 Å². The highest BCUT2D eigenvalue weighted by atomic mass is 35.5. The zero-order valence-corrected chi connectivity index (χ0v) is 19.1. The van der Waals surface area contributed by atoms with Crippen LogP contribution in [-0.2, 0) is 14.3 Å². The van der Waals surface area contributed by atoms with Gasteiger partial charge in [-0.25, -0.2) is 0 Å². The SMILES string of the molecule is COC(=O)C[C@H]1CC[C@H]2[C@@H](COc3ccc(NC(=O)c4cccc(Cl)c4)cc3C(=O)N2C)O1. The van der Waals surface area contributed by atoms with Gasteiger partial charge in [-0.1, -0.05) is 17.7 Å². The number of carbonyl (C=O) groups is 3. The summed E-state index contributed by atoms with van der Waals surface area (Å²) in [7, 11) is 3.08. The van der Waals surface area contributed by atoms with Crippen LogP contribution in [0, 0.1) is 0 Å². The minimum atomic E-state index is -0.363. The molecular formula is C24H25ClN2O6. The molecule has 2 amide bonds. The summed E-state index contributed by atoms with van der Waals surface area (Å²) >= 11 is 5.97. The number of hydrogen-bond donors (Lipinski definition) is 1. The number of carbonyl (C=O) groups excluding carboxylic acids is 3. The third-order valence-electron chi connectivity index (χ3n) is 5.98. The molecule has 0 aromatic heterocycles. The van der Waals surface area contributed by atoms with Gasteiger partial charge in [0.2, 0.25) is 0 Å². The maximum atomic E-state index is 13.3. The van der Waals surface area contributed by atoms with Crippen LogP contribution in [0.1, 0.15) is 40.0 Å². The van der Waals surface area contributed by atoms with Crippen LogP contribution >= 0.6 is 11.6 Å². The number of benzene rings is 2. The molecule has 2 aromatic rings. The first kappa shape index (κ1) is 23.1. The van der Waals surface area contributed by atoms with E-state index in [4.69, 9.17) is 25.8 Å². The molecule has 1 fully saturated rings. The van der Waals surface area contributed by atoms with E-state index in [-0.39, 0.29) is 49.1 Å². The number of hydrogen-bond acceptors (Lipinski definition) is 6. The van der Waals surface area contributed by atoms with Crippen molar-refractivity contribution < 1.29 is 28.6 Å². The third kappa shape index (κ3) is 5.12.